The summed E-state index contributed by atoms with van der Waals surface area (Å²) in [4.78, 5) is 0. The lowest BCUT2D eigenvalue weighted by molar-refractivity contribution is -0.295. The van der Waals surface area contributed by atoms with Crippen molar-refractivity contribution in [1.29, 1.82) is 0 Å². The fraction of sp³-hybridized carbons (Fsp3) is 1.00. The molecule has 0 aromatic rings. The van der Waals surface area contributed by atoms with Crippen molar-refractivity contribution in [1.82, 2.24) is 0 Å². The molecular weight excluding hydrogens is 280 g/mol. The van der Waals surface area contributed by atoms with E-state index >= 15 is 0 Å². The molecular formula is C4H2F8O3S. The van der Waals surface area contributed by atoms with Gasteiger partial charge in [0, 0.05) is 0 Å². The summed E-state index contributed by atoms with van der Waals surface area (Å²) in [6.45, 7) is 0. The van der Waals surface area contributed by atoms with E-state index in [1.807, 2.05) is 0 Å². The Hall–Kier alpha value is -0.650. The highest BCUT2D eigenvalue weighted by molar-refractivity contribution is 7.87. The van der Waals surface area contributed by atoms with E-state index < -0.39 is 33.6 Å². The summed E-state index contributed by atoms with van der Waals surface area (Å²) in [6, 6.07) is 0. The van der Waals surface area contributed by atoms with E-state index in [9.17, 15) is 43.5 Å². The molecule has 0 saturated heterocycles. The number of alkyl halides is 8. The molecule has 0 saturated carbocycles. The summed E-state index contributed by atoms with van der Waals surface area (Å²) in [5, 5.41) is 0. The van der Waals surface area contributed by atoms with Gasteiger partial charge >= 0.3 is 17.1 Å². The van der Waals surface area contributed by atoms with Crippen LogP contribution in [0.25, 0.3) is 0 Å². The zero-order valence-corrected chi connectivity index (χ0v) is 7.59. The summed E-state index contributed by atoms with van der Waals surface area (Å²) in [5.74, 6) is 0. The second-order valence-corrected chi connectivity index (χ2v) is 4.10. The normalized spacial score (nSPS) is 15.6. The van der Waals surface area contributed by atoms with Crippen LogP contribution in [0.5, 0.6) is 0 Å². The molecule has 1 N–H and O–H groups in total. The zero-order chi connectivity index (χ0) is 13.6. The van der Waals surface area contributed by atoms with Gasteiger partial charge in [0.05, 0.1) is 0 Å². The molecule has 0 aliphatic carbocycles. The lowest BCUT2D eigenvalue weighted by atomic mass is 10.1. The van der Waals surface area contributed by atoms with Crippen LogP contribution in [0.4, 0.5) is 35.1 Å². The van der Waals surface area contributed by atoms with Crippen LogP contribution in [0.15, 0.2) is 0 Å². The predicted octanol–water partition coefficient (Wildman–Crippen LogP) is 2.00. The Morgan fingerprint density at radius 1 is 0.875 bits per heavy atom. The van der Waals surface area contributed by atoms with Gasteiger partial charge in [0.2, 0.25) is 0 Å². The summed E-state index contributed by atoms with van der Waals surface area (Å²) in [5.41, 5.74) is 0. The van der Waals surface area contributed by atoms with Crippen molar-refractivity contribution in [2.45, 2.75) is 23.5 Å². The van der Waals surface area contributed by atoms with Gasteiger partial charge in [-0.05, 0) is 0 Å². The molecule has 0 spiro atoms. The van der Waals surface area contributed by atoms with Crippen molar-refractivity contribution in [2.24, 2.45) is 0 Å². The van der Waals surface area contributed by atoms with Crippen LogP contribution >= 0.6 is 0 Å². The third kappa shape index (κ3) is 1.95. The fourth-order valence-corrected chi connectivity index (χ4v) is 1.62. The van der Waals surface area contributed by atoms with Crippen molar-refractivity contribution >= 4 is 10.1 Å². The van der Waals surface area contributed by atoms with Crippen molar-refractivity contribution < 1.29 is 48.1 Å². The molecule has 3 nitrogen and oxygen atoms in total. The van der Waals surface area contributed by atoms with Crippen molar-refractivity contribution in [3.05, 3.63) is 0 Å². The van der Waals surface area contributed by atoms with Gasteiger partial charge in [-0.2, -0.15) is 34.8 Å². The van der Waals surface area contributed by atoms with Gasteiger partial charge in [-0.1, -0.05) is 0 Å². The molecule has 0 atom stereocenters. The maximum absolute atomic E-state index is 11.9. The summed E-state index contributed by atoms with van der Waals surface area (Å²) >= 11 is 0. The van der Waals surface area contributed by atoms with Crippen molar-refractivity contribution in [3.8, 4) is 0 Å². The lowest BCUT2D eigenvalue weighted by Gasteiger charge is -2.32. The van der Waals surface area contributed by atoms with E-state index in [0.717, 1.165) is 0 Å². The minimum atomic E-state index is -7.14. The second-order valence-electron chi connectivity index (χ2n) is 2.51. The third-order valence-corrected chi connectivity index (χ3v) is 3.01. The van der Waals surface area contributed by atoms with Crippen LogP contribution in [0.1, 0.15) is 0 Å². The van der Waals surface area contributed by atoms with Gasteiger partial charge in [0.15, 0.2) is 0 Å². The topological polar surface area (TPSA) is 54.4 Å². The van der Waals surface area contributed by atoms with E-state index in [0.29, 0.717) is 0 Å². The Kier molecular flexibility index (Phi) is 3.53. The number of hydrogen-bond acceptors (Lipinski definition) is 2. The maximum Gasteiger partial charge on any atom is 0.425 e. The molecule has 0 unspecified atom stereocenters. The largest absolute Gasteiger partial charge is 0.425 e. The van der Waals surface area contributed by atoms with Crippen LogP contribution in [-0.2, 0) is 10.1 Å². The van der Waals surface area contributed by atoms with Crippen LogP contribution in [-0.4, -0.2) is 36.5 Å². The highest BCUT2D eigenvalue weighted by Crippen LogP contribution is 2.51. The van der Waals surface area contributed by atoms with Crippen molar-refractivity contribution in [3.63, 3.8) is 0 Å². The number of halogens is 8. The van der Waals surface area contributed by atoms with Crippen LogP contribution in [0.3, 0.4) is 0 Å². The molecule has 0 heterocycles. The van der Waals surface area contributed by atoms with Crippen LogP contribution < -0.4 is 0 Å². The van der Waals surface area contributed by atoms with Gasteiger partial charge in [-0.3, -0.25) is 4.55 Å². The minimum Gasteiger partial charge on any atom is -0.284 e. The van der Waals surface area contributed by atoms with Crippen molar-refractivity contribution in [2.75, 3.05) is 0 Å². The molecule has 98 valence electrons. The average Bonchev–Trinajstić information content (AvgIpc) is 1.71. The van der Waals surface area contributed by atoms with E-state index in [4.69, 9.17) is 4.55 Å². The second kappa shape index (κ2) is 3.68. The molecule has 0 aliphatic heterocycles. The van der Waals surface area contributed by atoms with E-state index in [1.54, 1.807) is 0 Å². The highest BCUT2D eigenvalue weighted by atomic mass is 32.2. The van der Waals surface area contributed by atoms with Gasteiger partial charge in [-0.15, -0.1) is 0 Å². The Morgan fingerprint density at radius 3 is 1.12 bits per heavy atom. The van der Waals surface area contributed by atoms with Gasteiger partial charge < -0.3 is 0 Å². The fourth-order valence-electron chi connectivity index (χ4n) is 0.813. The summed E-state index contributed by atoms with van der Waals surface area (Å²) in [7, 11) is -7.14. The Labute approximate surface area is 82.8 Å². The van der Waals surface area contributed by atoms with Crippen LogP contribution in [0.2, 0.25) is 0 Å². The summed E-state index contributed by atoms with van der Waals surface area (Å²) in [6.07, 6.45) is -19.2. The first-order valence-electron chi connectivity index (χ1n) is 3.08. The SMILES string of the molecule is O=S(=O)(O)C(C(F)F)(C(F)(F)F)C(F)(F)F. The molecule has 0 bridgehead atoms. The monoisotopic (exact) mass is 282 g/mol. The van der Waals surface area contributed by atoms with E-state index in [1.165, 1.54) is 0 Å². The first kappa shape index (κ1) is 15.3. The predicted molar refractivity (Wildman–Crippen MR) is 32.4 cm³/mol. The summed E-state index contributed by atoms with van der Waals surface area (Å²) < 4.78 is 116. The molecule has 0 aliphatic rings. The Bertz CT molecular complexity index is 336. The third-order valence-electron chi connectivity index (χ3n) is 1.56. The first-order valence-corrected chi connectivity index (χ1v) is 4.52. The number of rotatable bonds is 2. The Balaban J connectivity index is 6.29. The van der Waals surface area contributed by atoms with Gasteiger partial charge in [0.1, 0.15) is 0 Å². The minimum absolute atomic E-state index is 5.41. The Morgan fingerprint density at radius 2 is 1.12 bits per heavy atom. The smallest absolute Gasteiger partial charge is 0.284 e. The quantitative estimate of drug-likeness (QED) is 0.622. The zero-order valence-electron chi connectivity index (χ0n) is 6.77. The molecule has 0 amide bonds. The average molecular weight is 282 g/mol. The molecule has 0 rings (SSSR count). The molecule has 16 heavy (non-hydrogen) atoms. The molecule has 12 heteroatoms. The highest BCUT2D eigenvalue weighted by Gasteiger charge is 2.84. The standard InChI is InChI=1S/C4H2F8O3S/c5-1(6)2(3(7,8)9,4(10,11)12)16(13,14)15/h1H,(H,13,14,15). The first-order chi connectivity index (χ1) is 6.69. The molecule has 0 aromatic carbocycles. The lowest BCUT2D eigenvalue weighted by Crippen LogP contribution is -2.66. The van der Waals surface area contributed by atoms with Gasteiger partial charge in [-0.25, -0.2) is 8.78 Å². The molecule has 0 fully saturated rings. The van der Waals surface area contributed by atoms with E-state index in [2.05, 4.69) is 0 Å². The van der Waals surface area contributed by atoms with Gasteiger partial charge in [0.25, 0.3) is 16.5 Å². The van der Waals surface area contributed by atoms with E-state index in [-0.39, 0.29) is 0 Å². The number of hydrogen-bond donors (Lipinski definition) is 1. The molecule has 0 aromatic heterocycles. The molecule has 0 radical (unpaired) electrons. The maximum atomic E-state index is 11.9. The van der Waals surface area contributed by atoms with Crippen LogP contribution in [0, 0.1) is 0 Å².